The fourth-order valence-electron chi connectivity index (χ4n) is 1.22. The largest absolute Gasteiger partial charge is 0.493 e. The molecule has 0 spiro atoms. The van der Waals surface area contributed by atoms with Crippen LogP contribution in [-0.4, -0.2) is 24.5 Å². The maximum absolute atomic E-state index is 13.3. The molecular weight excluding hydrogens is 215 g/mol. The van der Waals surface area contributed by atoms with Crippen LogP contribution in [0.4, 0.5) is 4.39 Å². The van der Waals surface area contributed by atoms with Gasteiger partial charge in [0, 0.05) is 17.2 Å². The Morgan fingerprint density at radius 1 is 1.50 bits per heavy atom. The Labute approximate surface area is 91.0 Å². The van der Waals surface area contributed by atoms with E-state index in [1.165, 1.54) is 13.2 Å². The summed E-state index contributed by atoms with van der Waals surface area (Å²) in [5, 5.41) is 8.46. The summed E-state index contributed by atoms with van der Waals surface area (Å²) in [6, 6.07) is 2.34. The van der Waals surface area contributed by atoms with Crippen molar-refractivity contribution < 1.29 is 23.8 Å². The van der Waals surface area contributed by atoms with E-state index in [-0.39, 0.29) is 16.9 Å². The Morgan fingerprint density at radius 2 is 2.19 bits per heavy atom. The third-order valence-electron chi connectivity index (χ3n) is 1.91. The molecule has 0 aliphatic heterocycles. The first-order valence-corrected chi connectivity index (χ1v) is 4.32. The van der Waals surface area contributed by atoms with E-state index in [0.29, 0.717) is 6.29 Å². The van der Waals surface area contributed by atoms with E-state index in [1.54, 1.807) is 0 Å². The van der Waals surface area contributed by atoms with Crippen LogP contribution in [0.2, 0.25) is 0 Å². The van der Waals surface area contributed by atoms with Crippen molar-refractivity contribution in [3.8, 4) is 5.75 Å². The standard InChI is InChI=1S/C11H9FO4/c1-16-11-8(3-5-10(14)15)7(6-13)2-4-9(11)12/h2-6H,1H3,(H,14,15)/b5-3+. The molecule has 0 saturated carbocycles. The number of hydrogen-bond donors (Lipinski definition) is 1. The number of carboxylic acids is 1. The summed E-state index contributed by atoms with van der Waals surface area (Å²) in [5.41, 5.74) is 0.274. The van der Waals surface area contributed by atoms with Crippen LogP contribution in [0.3, 0.4) is 0 Å². The molecule has 0 atom stereocenters. The van der Waals surface area contributed by atoms with E-state index in [1.807, 2.05) is 0 Å². The lowest BCUT2D eigenvalue weighted by molar-refractivity contribution is -0.131. The normalized spacial score (nSPS) is 10.4. The quantitative estimate of drug-likeness (QED) is 0.625. The van der Waals surface area contributed by atoms with Gasteiger partial charge in [-0.15, -0.1) is 0 Å². The van der Waals surface area contributed by atoms with Gasteiger partial charge in [-0.25, -0.2) is 9.18 Å². The average molecular weight is 224 g/mol. The summed E-state index contributed by atoms with van der Waals surface area (Å²) in [6.07, 6.45) is 2.43. The van der Waals surface area contributed by atoms with E-state index in [0.717, 1.165) is 18.2 Å². The van der Waals surface area contributed by atoms with Crippen molar-refractivity contribution in [2.75, 3.05) is 7.11 Å². The Morgan fingerprint density at radius 3 is 2.69 bits per heavy atom. The van der Waals surface area contributed by atoms with E-state index in [4.69, 9.17) is 9.84 Å². The Hall–Kier alpha value is -2.17. The number of halogens is 1. The van der Waals surface area contributed by atoms with Crippen LogP contribution in [0.25, 0.3) is 6.08 Å². The van der Waals surface area contributed by atoms with E-state index in [2.05, 4.69) is 0 Å². The van der Waals surface area contributed by atoms with E-state index < -0.39 is 11.8 Å². The van der Waals surface area contributed by atoms with Gasteiger partial charge in [-0.05, 0) is 18.2 Å². The monoisotopic (exact) mass is 224 g/mol. The number of rotatable bonds is 4. The number of benzene rings is 1. The molecule has 16 heavy (non-hydrogen) atoms. The topological polar surface area (TPSA) is 63.6 Å². The summed E-state index contributed by atoms with van der Waals surface area (Å²) in [4.78, 5) is 21.0. The zero-order valence-corrected chi connectivity index (χ0v) is 8.44. The summed E-state index contributed by atoms with van der Waals surface area (Å²) in [7, 11) is 1.24. The van der Waals surface area contributed by atoms with Crippen LogP contribution in [0.5, 0.6) is 5.75 Å². The van der Waals surface area contributed by atoms with Crippen LogP contribution in [0, 0.1) is 5.82 Å². The van der Waals surface area contributed by atoms with Crippen molar-refractivity contribution in [3.05, 3.63) is 35.2 Å². The molecule has 1 N–H and O–H groups in total. The Balaban J connectivity index is 3.36. The Bertz CT molecular complexity index is 452. The molecule has 1 rings (SSSR count). The first-order valence-electron chi connectivity index (χ1n) is 4.32. The summed E-state index contributed by atoms with van der Waals surface area (Å²) in [6.45, 7) is 0. The molecule has 0 unspecified atom stereocenters. The lowest BCUT2D eigenvalue weighted by Crippen LogP contribution is -1.97. The van der Waals surface area contributed by atoms with E-state index in [9.17, 15) is 14.0 Å². The van der Waals surface area contributed by atoms with Gasteiger partial charge in [0.15, 0.2) is 17.9 Å². The predicted molar refractivity (Wildman–Crippen MR) is 55.0 cm³/mol. The first kappa shape index (κ1) is 11.9. The molecule has 5 heteroatoms. The molecule has 1 aromatic rings. The van der Waals surface area contributed by atoms with Crippen molar-refractivity contribution >= 4 is 18.3 Å². The summed E-state index contributed by atoms with van der Waals surface area (Å²) in [5.74, 6) is -2.00. The zero-order valence-electron chi connectivity index (χ0n) is 8.44. The molecule has 0 saturated heterocycles. The van der Waals surface area contributed by atoms with Crippen molar-refractivity contribution in [2.24, 2.45) is 0 Å². The van der Waals surface area contributed by atoms with E-state index >= 15 is 0 Å². The van der Waals surface area contributed by atoms with Gasteiger partial charge in [0.25, 0.3) is 0 Å². The molecule has 0 radical (unpaired) electrons. The smallest absolute Gasteiger partial charge is 0.328 e. The minimum absolute atomic E-state index is 0.111. The molecule has 4 nitrogen and oxygen atoms in total. The molecule has 0 aliphatic rings. The molecule has 0 fully saturated rings. The van der Waals surface area contributed by atoms with Gasteiger partial charge in [-0.1, -0.05) is 0 Å². The van der Waals surface area contributed by atoms with Crippen LogP contribution in [-0.2, 0) is 4.79 Å². The highest BCUT2D eigenvalue weighted by molar-refractivity contribution is 5.90. The zero-order chi connectivity index (χ0) is 12.1. The molecule has 84 valence electrons. The van der Waals surface area contributed by atoms with Crippen LogP contribution in [0.15, 0.2) is 18.2 Å². The molecule has 0 amide bonds. The van der Waals surface area contributed by atoms with Crippen molar-refractivity contribution in [2.45, 2.75) is 0 Å². The second-order valence-corrected chi connectivity index (χ2v) is 2.87. The highest BCUT2D eigenvalue weighted by Gasteiger charge is 2.11. The van der Waals surface area contributed by atoms with Crippen LogP contribution in [0.1, 0.15) is 15.9 Å². The van der Waals surface area contributed by atoms with Crippen LogP contribution >= 0.6 is 0 Å². The van der Waals surface area contributed by atoms with Gasteiger partial charge in [-0.3, -0.25) is 4.79 Å². The number of carbonyl (C=O) groups excluding carboxylic acids is 1. The summed E-state index contributed by atoms with van der Waals surface area (Å²) >= 11 is 0. The van der Waals surface area contributed by atoms with Gasteiger partial charge in [0.2, 0.25) is 0 Å². The third-order valence-corrected chi connectivity index (χ3v) is 1.91. The molecule has 1 aromatic carbocycles. The van der Waals surface area contributed by atoms with Gasteiger partial charge in [0.1, 0.15) is 0 Å². The maximum Gasteiger partial charge on any atom is 0.328 e. The lowest BCUT2D eigenvalue weighted by Gasteiger charge is -2.07. The van der Waals surface area contributed by atoms with Crippen LogP contribution < -0.4 is 4.74 Å². The molecule has 0 aliphatic carbocycles. The van der Waals surface area contributed by atoms with Gasteiger partial charge >= 0.3 is 5.97 Å². The number of hydrogen-bond acceptors (Lipinski definition) is 3. The fourth-order valence-corrected chi connectivity index (χ4v) is 1.22. The maximum atomic E-state index is 13.3. The number of carboxylic acid groups (broad SMARTS) is 1. The van der Waals surface area contributed by atoms with Gasteiger partial charge in [0.05, 0.1) is 7.11 Å². The number of methoxy groups -OCH3 is 1. The highest BCUT2D eigenvalue weighted by atomic mass is 19.1. The van der Waals surface area contributed by atoms with Crippen molar-refractivity contribution in [1.82, 2.24) is 0 Å². The summed E-state index contributed by atoms with van der Waals surface area (Å²) < 4.78 is 18.0. The molecular formula is C11H9FO4. The number of aldehydes is 1. The van der Waals surface area contributed by atoms with Crippen molar-refractivity contribution in [1.29, 1.82) is 0 Å². The van der Waals surface area contributed by atoms with Gasteiger partial charge in [-0.2, -0.15) is 0 Å². The predicted octanol–water partition coefficient (Wildman–Crippen LogP) is 1.74. The third kappa shape index (κ3) is 2.44. The second-order valence-electron chi connectivity index (χ2n) is 2.87. The van der Waals surface area contributed by atoms with Gasteiger partial charge < -0.3 is 9.84 Å². The SMILES string of the molecule is COc1c(F)ccc(C=O)c1/C=C/C(=O)O. The second kappa shape index (κ2) is 5.06. The number of aliphatic carboxylic acids is 1. The minimum Gasteiger partial charge on any atom is -0.493 e. The lowest BCUT2D eigenvalue weighted by atomic mass is 10.1. The fraction of sp³-hybridized carbons (Fsp3) is 0.0909. The average Bonchev–Trinajstić information content (AvgIpc) is 2.26. The molecule has 0 aromatic heterocycles. The van der Waals surface area contributed by atoms with Crippen molar-refractivity contribution in [3.63, 3.8) is 0 Å². The Kier molecular flexibility index (Phi) is 3.77. The minimum atomic E-state index is -1.19. The first-order chi connectivity index (χ1) is 7.60. The number of carbonyl (C=O) groups is 2. The molecule has 0 heterocycles. The number of ether oxygens (including phenoxy) is 1. The molecule has 0 bridgehead atoms. The highest BCUT2D eigenvalue weighted by Crippen LogP contribution is 2.26.